The van der Waals surface area contributed by atoms with Crippen molar-refractivity contribution >= 4 is 5.69 Å². The van der Waals surface area contributed by atoms with Gasteiger partial charge in [-0.3, -0.25) is 0 Å². The van der Waals surface area contributed by atoms with E-state index in [0.717, 1.165) is 41.6 Å². The van der Waals surface area contributed by atoms with Gasteiger partial charge in [-0.1, -0.05) is 0 Å². The third-order valence-corrected chi connectivity index (χ3v) is 2.82. The van der Waals surface area contributed by atoms with Crippen LogP contribution in [0.5, 0.6) is 0 Å². The molecule has 0 saturated heterocycles. The molecule has 1 atom stereocenters. The molecule has 1 aromatic rings. The minimum absolute atomic E-state index is 0.00653. The van der Waals surface area contributed by atoms with Crippen molar-refractivity contribution in [1.82, 2.24) is 0 Å². The Labute approximate surface area is 83.3 Å². The smallest absolute Gasteiger partial charge is 0.0994 e. The number of hydrogen-bond donors (Lipinski definition) is 2. The SMILES string of the molecule is N#Cc1ccc(N)c2c1CCCC2N. The number of benzene rings is 1. The molecule has 2 rings (SSSR count). The van der Waals surface area contributed by atoms with Gasteiger partial charge < -0.3 is 11.5 Å². The predicted molar refractivity (Wildman–Crippen MR) is 55.4 cm³/mol. The number of anilines is 1. The maximum Gasteiger partial charge on any atom is 0.0994 e. The van der Waals surface area contributed by atoms with E-state index < -0.39 is 0 Å². The second kappa shape index (κ2) is 3.32. The molecular weight excluding hydrogens is 174 g/mol. The van der Waals surface area contributed by atoms with Crippen LogP contribution in [-0.2, 0) is 6.42 Å². The van der Waals surface area contributed by atoms with Gasteiger partial charge in [-0.25, -0.2) is 0 Å². The minimum atomic E-state index is 0.00653. The molecule has 3 nitrogen and oxygen atoms in total. The Morgan fingerprint density at radius 2 is 2.21 bits per heavy atom. The third-order valence-electron chi connectivity index (χ3n) is 2.82. The van der Waals surface area contributed by atoms with E-state index >= 15 is 0 Å². The molecule has 0 amide bonds. The summed E-state index contributed by atoms with van der Waals surface area (Å²) in [6.45, 7) is 0. The van der Waals surface area contributed by atoms with Crippen molar-refractivity contribution in [2.45, 2.75) is 25.3 Å². The van der Waals surface area contributed by atoms with E-state index in [2.05, 4.69) is 6.07 Å². The molecule has 72 valence electrons. The highest BCUT2D eigenvalue weighted by molar-refractivity contribution is 5.59. The fraction of sp³-hybridized carbons (Fsp3) is 0.364. The number of nitrogen functional groups attached to an aromatic ring is 1. The third kappa shape index (κ3) is 1.24. The van der Waals surface area contributed by atoms with Gasteiger partial charge in [-0.2, -0.15) is 5.26 Å². The van der Waals surface area contributed by atoms with E-state index in [9.17, 15) is 0 Å². The standard InChI is InChI=1S/C11H13N3/c12-6-7-4-5-10(14)11-8(7)2-1-3-9(11)13/h4-5,9H,1-3,13-14H2. The summed E-state index contributed by atoms with van der Waals surface area (Å²) in [6.07, 6.45) is 2.94. The summed E-state index contributed by atoms with van der Waals surface area (Å²) < 4.78 is 0. The van der Waals surface area contributed by atoms with Crippen LogP contribution in [0.2, 0.25) is 0 Å². The molecule has 0 radical (unpaired) electrons. The Kier molecular flexibility index (Phi) is 2.14. The van der Waals surface area contributed by atoms with E-state index in [-0.39, 0.29) is 6.04 Å². The van der Waals surface area contributed by atoms with Crippen molar-refractivity contribution in [2.24, 2.45) is 5.73 Å². The van der Waals surface area contributed by atoms with Gasteiger partial charge in [0, 0.05) is 11.7 Å². The summed E-state index contributed by atoms with van der Waals surface area (Å²) in [5.74, 6) is 0. The highest BCUT2D eigenvalue weighted by Crippen LogP contribution is 2.34. The van der Waals surface area contributed by atoms with Crippen LogP contribution >= 0.6 is 0 Å². The van der Waals surface area contributed by atoms with Crippen LogP contribution < -0.4 is 11.5 Å². The van der Waals surface area contributed by atoms with Gasteiger partial charge >= 0.3 is 0 Å². The lowest BCUT2D eigenvalue weighted by Crippen LogP contribution is -2.20. The Morgan fingerprint density at radius 3 is 2.93 bits per heavy atom. The van der Waals surface area contributed by atoms with Crippen LogP contribution in [0.1, 0.15) is 35.6 Å². The molecule has 14 heavy (non-hydrogen) atoms. The Hall–Kier alpha value is -1.53. The van der Waals surface area contributed by atoms with E-state index in [1.165, 1.54) is 0 Å². The minimum Gasteiger partial charge on any atom is -0.398 e. The van der Waals surface area contributed by atoms with Crippen LogP contribution in [0, 0.1) is 11.3 Å². The summed E-state index contributed by atoms with van der Waals surface area (Å²) in [5, 5.41) is 8.94. The van der Waals surface area contributed by atoms with Gasteiger partial charge in [-0.05, 0) is 42.5 Å². The second-order valence-electron chi connectivity index (χ2n) is 3.71. The molecule has 0 fully saturated rings. The molecule has 3 heteroatoms. The maximum absolute atomic E-state index is 8.94. The first-order chi connectivity index (χ1) is 6.74. The molecular formula is C11H13N3. The van der Waals surface area contributed by atoms with Crippen molar-refractivity contribution in [1.29, 1.82) is 5.26 Å². The number of nitrogens with two attached hydrogens (primary N) is 2. The quantitative estimate of drug-likeness (QED) is 0.604. The van der Waals surface area contributed by atoms with Gasteiger partial charge in [0.1, 0.15) is 0 Å². The van der Waals surface area contributed by atoms with Crippen molar-refractivity contribution < 1.29 is 0 Å². The Bertz CT molecular complexity index is 404. The van der Waals surface area contributed by atoms with Gasteiger partial charge in [0.25, 0.3) is 0 Å². The highest BCUT2D eigenvalue weighted by Gasteiger charge is 2.21. The largest absolute Gasteiger partial charge is 0.398 e. The maximum atomic E-state index is 8.94. The zero-order chi connectivity index (χ0) is 10.1. The summed E-state index contributed by atoms with van der Waals surface area (Å²) in [5.41, 5.74) is 15.4. The second-order valence-corrected chi connectivity index (χ2v) is 3.71. The average Bonchev–Trinajstić information content (AvgIpc) is 2.18. The van der Waals surface area contributed by atoms with Gasteiger partial charge in [0.05, 0.1) is 11.6 Å². The fourth-order valence-corrected chi connectivity index (χ4v) is 2.14. The highest BCUT2D eigenvalue weighted by atomic mass is 14.7. The van der Waals surface area contributed by atoms with Crippen LogP contribution in [0.25, 0.3) is 0 Å². The molecule has 0 aromatic heterocycles. The molecule has 0 heterocycles. The monoisotopic (exact) mass is 187 g/mol. The topological polar surface area (TPSA) is 75.8 Å². The molecule has 0 aliphatic heterocycles. The van der Waals surface area contributed by atoms with E-state index in [4.69, 9.17) is 16.7 Å². The average molecular weight is 187 g/mol. The summed E-state index contributed by atoms with van der Waals surface area (Å²) in [7, 11) is 0. The van der Waals surface area contributed by atoms with Crippen molar-refractivity contribution in [2.75, 3.05) is 5.73 Å². The number of nitriles is 1. The Balaban J connectivity index is 2.65. The number of nitrogens with zero attached hydrogens (tertiary/aromatic N) is 1. The molecule has 1 aromatic carbocycles. The number of fused-ring (bicyclic) bond motifs is 1. The summed E-state index contributed by atoms with van der Waals surface area (Å²) in [6, 6.07) is 5.76. The zero-order valence-corrected chi connectivity index (χ0v) is 7.96. The van der Waals surface area contributed by atoms with E-state index in [1.807, 2.05) is 0 Å². The van der Waals surface area contributed by atoms with Gasteiger partial charge in [0.2, 0.25) is 0 Å². The van der Waals surface area contributed by atoms with Crippen molar-refractivity contribution in [3.8, 4) is 6.07 Å². The summed E-state index contributed by atoms with van der Waals surface area (Å²) >= 11 is 0. The lowest BCUT2D eigenvalue weighted by atomic mass is 9.84. The van der Waals surface area contributed by atoms with Crippen molar-refractivity contribution in [3.63, 3.8) is 0 Å². The van der Waals surface area contributed by atoms with Gasteiger partial charge in [0.15, 0.2) is 0 Å². The van der Waals surface area contributed by atoms with Crippen LogP contribution in [0.4, 0.5) is 5.69 Å². The van der Waals surface area contributed by atoms with Crippen LogP contribution in [0.15, 0.2) is 12.1 Å². The normalized spacial score (nSPS) is 19.9. The fourth-order valence-electron chi connectivity index (χ4n) is 2.14. The van der Waals surface area contributed by atoms with Gasteiger partial charge in [-0.15, -0.1) is 0 Å². The first kappa shape index (κ1) is 9.04. The van der Waals surface area contributed by atoms with E-state index in [0.29, 0.717) is 0 Å². The molecule has 0 saturated carbocycles. The number of rotatable bonds is 0. The molecule has 1 unspecified atom stereocenters. The zero-order valence-electron chi connectivity index (χ0n) is 7.96. The molecule has 1 aliphatic rings. The molecule has 1 aliphatic carbocycles. The first-order valence-electron chi connectivity index (χ1n) is 4.81. The molecule has 0 spiro atoms. The predicted octanol–water partition coefficient (Wildman–Crippen LogP) is 1.48. The van der Waals surface area contributed by atoms with Crippen LogP contribution in [0.3, 0.4) is 0 Å². The lowest BCUT2D eigenvalue weighted by Gasteiger charge is -2.24. The first-order valence-corrected chi connectivity index (χ1v) is 4.81. The lowest BCUT2D eigenvalue weighted by molar-refractivity contribution is 0.571. The summed E-state index contributed by atoms with van der Waals surface area (Å²) in [4.78, 5) is 0. The molecule has 0 bridgehead atoms. The Morgan fingerprint density at radius 1 is 1.43 bits per heavy atom. The molecule has 4 N–H and O–H groups in total. The number of hydrogen-bond acceptors (Lipinski definition) is 3. The van der Waals surface area contributed by atoms with Crippen molar-refractivity contribution in [3.05, 3.63) is 28.8 Å². The van der Waals surface area contributed by atoms with E-state index in [1.54, 1.807) is 12.1 Å². The van der Waals surface area contributed by atoms with Crippen LogP contribution in [-0.4, -0.2) is 0 Å².